The number of thioether (sulfide) groups is 1. The van der Waals surface area contributed by atoms with Crippen molar-refractivity contribution in [2.75, 3.05) is 20.0 Å². The number of nitrogens with zero attached hydrogens (tertiary/aromatic N) is 5. The molecule has 46 heavy (non-hydrogen) atoms. The monoisotopic (exact) mass is 656 g/mol. The fraction of sp³-hybridized carbons (Fsp3) is 0.182. The van der Waals surface area contributed by atoms with E-state index >= 15 is 0 Å². The van der Waals surface area contributed by atoms with Crippen molar-refractivity contribution >= 4 is 40.6 Å². The van der Waals surface area contributed by atoms with Crippen LogP contribution in [0.4, 0.5) is 4.39 Å². The highest BCUT2D eigenvalue weighted by molar-refractivity contribution is 7.99. The van der Waals surface area contributed by atoms with Gasteiger partial charge >= 0.3 is 0 Å². The van der Waals surface area contributed by atoms with Crippen molar-refractivity contribution < 1.29 is 23.5 Å². The minimum absolute atomic E-state index is 0.000227. The van der Waals surface area contributed by atoms with Gasteiger partial charge in [0, 0.05) is 6.42 Å². The number of carbonyl (C=O) groups excluding carboxylic acids is 2. The molecule has 10 nitrogen and oxygen atoms in total. The van der Waals surface area contributed by atoms with Gasteiger partial charge in [0.05, 0.1) is 54.4 Å². The number of hydrogen-bond donors (Lipinski definition) is 1. The molecule has 0 fully saturated rings. The van der Waals surface area contributed by atoms with Crippen molar-refractivity contribution in [2.24, 2.45) is 5.10 Å². The molecular weight excluding hydrogens is 628 g/mol. The Morgan fingerprint density at radius 2 is 1.70 bits per heavy atom. The van der Waals surface area contributed by atoms with Crippen molar-refractivity contribution in [1.82, 2.24) is 25.1 Å². The van der Waals surface area contributed by atoms with Crippen LogP contribution in [0.15, 0.2) is 101 Å². The van der Waals surface area contributed by atoms with Crippen LogP contribution < -0.4 is 14.8 Å². The van der Waals surface area contributed by atoms with E-state index in [9.17, 15) is 14.0 Å². The molecule has 0 bridgehead atoms. The molecule has 1 aliphatic rings. The van der Waals surface area contributed by atoms with Gasteiger partial charge < -0.3 is 14.8 Å². The van der Waals surface area contributed by atoms with E-state index in [1.807, 2.05) is 41.8 Å². The van der Waals surface area contributed by atoms with Crippen molar-refractivity contribution in [3.8, 4) is 17.2 Å². The van der Waals surface area contributed by atoms with Crippen LogP contribution in [0.3, 0.4) is 0 Å². The number of methoxy groups -OCH3 is 2. The van der Waals surface area contributed by atoms with Crippen LogP contribution in [0.1, 0.15) is 39.1 Å². The number of hydrogen-bond acceptors (Lipinski definition) is 9. The summed E-state index contributed by atoms with van der Waals surface area (Å²) in [6.45, 7) is 0.0453. The molecule has 0 saturated carbocycles. The number of nitrogens with one attached hydrogen (secondary N) is 1. The van der Waals surface area contributed by atoms with Crippen LogP contribution in [-0.2, 0) is 11.3 Å². The van der Waals surface area contributed by atoms with Crippen molar-refractivity contribution in [1.29, 1.82) is 0 Å². The number of aromatic nitrogens is 3. The van der Waals surface area contributed by atoms with E-state index in [1.165, 1.54) is 36.0 Å². The fourth-order valence-corrected chi connectivity index (χ4v) is 6.66. The molecule has 0 spiro atoms. The standard InChI is InChI=1S/C33H29FN6O4S2/c1-43-27-10-5-3-8-23(27)32(42)35-19-30-36-37-33(39(30)25-9-4-6-11-28(25)44-2)46-20-31(41)40-26(21-13-15-22(34)16-14-21)18-24(38-40)29-12-7-17-45-29/h3-17,26H,18-20H2,1-2H3,(H,35,42)/t26-/m0/s1. The van der Waals surface area contributed by atoms with Crippen molar-refractivity contribution in [3.05, 3.63) is 118 Å². The Labute approximate surface area is 272 Å². The molecule has 0 unspecified atom stereocenters. The third-order valence-electron chi connectivity index (χ3n) is 7.34. The number of hydrazone groups is 1. The molecule has 1 aliphatic heterocycles. The Bertz CT molecular complexity index is 1880. The first-order valence-electron chi connectivity index (χ1n) is 14.3. The smallest absolute Gasteiger partial charge is 0.255 e. The Morgan fingerprint density at radius 3 is 2.43 bits per heavy atom. The summed E-state index contributed by atoms with van der Waals surface area (Å²) in [7, 11) is 3.07. The van der Waals surface area contributed by atoms with Gasteiger partial charge in [0.15, 0.2) is 11.0 Å². The van der Waals surface area contributed by atoms with Crippen LogP contribution in [0.5, 0.6) is 11.5 Å². The highest BCUT2D eigenvalue weighted by Crippen LogP contribution is 2.35. The average Bonchev–Trinajstić information content (AvgIpc) is 3.87. The van der Waals surface area contributed by atoms with Crippen LogP contribution in [0.2, 0.25) is 0 Å². The van der Waals surface area contributed by atoms with E-state index in [-0.39, 0.29) is 36.0 Å². The van der Waals surface area contributed by atoms with Crippen LogP contribution in [0.25, 0.3) is 5.69 Å². The molecule has 0 aliphatic carbocycles. The summed E-state index contributed by atoms with van der Waals surface area (Å²) in [4.78, 5) is 27.8. The summed E-state index contributed by atoms with van der Waals surface area (Å²) in [5.41, 5.74) is 2.63. The van der Waals surface area contributed by atoms with E-state index in [0.29, 0.717) is 40.2 Å². The number of halogens is 1. The third kappa shape index (κ3) is 6.51. The molecule has 1 N–H and O–H groups in total. The molecule has 2 amide bonds. The van der Waals surface area contributed by atoms with Gasteiger partial charge in [-0.25, -0.2) is 9.40 Å². The summed E-state index contributed by atoms with van der Waals surface area (Å²) < 4.78 is 26.5. The van der Waals surface area contributed by atoms with Gasteiger partial charge in [-0.05, 0) is 53.4 Å². The SMILES string of the molecule is COc1ccccc1C(=O)NCc1nnc(SCC(=O)N2N=C(c3cccs3)C[C@H]2c2ccc(F)cc2)n1-c1ccccc1OC. The maximum absolute atomic E-state index is 13.8. The van der Waals surface area contributed by atoms with Gasteiger partial charge in [-0.2, -0.15) is 5.10 Å². The second-order valence-electron chi connectivity index (χ2n) is 10.1. The number of amides is 2. The molecule has 5 aromatic rings. The zero-order chi connectivity index (χ0) is 32.0. The predicted molar refractivity (Wildman–Crippen MR) is 174 cm³/mol. The lowest BCUT2D eigenvalue weighted by Gasteiger charge is -2.22. The Hall–Kier alpha value is -5.01. The first-order valence-corrected chi connectivity index (χ1v) is 16.1. The summed E-state index contributed by atoms with van der Waals surface area (Å²) in [5.74, 6) is 0.523. The molecule has 3 aromatic carbocycles. The molecule has 2 aromatic heterocycles. The lowest BCUT2D eigenvalue weighted by Crippen LogP contribution is -2.28. The number of rotatable bonds is 11. The molecular formula is C33H29FN6O4S2. The number of para-hydroxylation sites is 3. The van der Waals surface area contributed by atoms with Gasteiger partial charge in [0.1, 0.15) is 17.3 Å². The average molecular weight is 657 g/mol. The first-order chi connectivity index (χ1) is 22.5. The van der Waals surface area contributed by atoms with Gasteiger partial charge in [0.25, 0.3) is 11.8 Å². The quantitative estimate of drug-likeness (QED) is 0.177. The van der Waals surface area contributed by atoms with Crippen molar-refractivity contribution in [3.63, 3.8) is 0 Å². The van der Waals surface area contributed by atoms with Crippen LogP contribution in [0, 0.1) is 5.82 Å². The largest absolute Gasteiger partial charge is 0.496 e. The number of benzene rings is 3. The van der Waals surface area contributed by atoms with Crippen LogP contribution >= 0.6 is 23.1 Å². The van der Waals surface area contributed by atoms with Crippen molar-refractivity contribution in [2.45, 2.75) is 24.2 Å². The van der Waals surface area contributed by atoms with E-state index in [4.69, 9.17) is 14.6 Å². The second-order valence-corrected chi connectivity index (χ2v) is 12.0. The van der Waals surface area contributed by atoms with Gasteiger partial charge in [-0.1, -0.05) is 54.2 Å². The topological polar surface area (TPSA) is 111 Å². The fourth-order valence-electron chi connectivity index (χ4n) is 5.12. The number of ether oxygens (including phenoxy) is 2. The van der Waals surface area contributed by atoms with E-state index in [1.54, 1.807) is 59.4 Å². The maximum Gasteiger partial charge on any atom is 0.255 e. The Balaban J connectivity index is 1.26. The summed E-state index contributed by atoms with van der Waals surface area (Å²) >= 11 is 2.75. The van der Waals surface area contributed by atoms with Gasteiger partial charge in [0.2, 0.25) is 0 Å². The molecule has 13 heteroatoms. The van der Waals surface area contributed by atoms with E-state index in [2.05, 4.69) is 15.5 Å². The minimum atomic E-state index is -0.376. The highest BCUT2D eigenvalue weighted by atomic mass is 32.2. The summed E-state index contributed by atoms with van der Waals surface area (Å²) in [5, 5.41) is 20.2. The Morgan fingerprint density at radius 1 is 0.957 bits per heavy atom. The normalized spacial score (nSPS) is 14.2. The number of thiophene rings is 1. The van der Waals surface area contributed by atoms with Crippen LogP contribution in [-0.4, -0.2) is 57.3 Å². The summed E-state index contributed by atoms with van der Waals surface area (Å²) in [6, 6.07) is 24.0. The highest BCUT2D eigenvalue weighted by Gasteiger charge is 2.34. The maximum atomic E-state index is 13.8. The molecule has 0 radical (unpaired) electrons. The molecule has 6 rings (SSSR count). The summed E-state index contributed by atoms with van der Waals surface area (Å²) in [6.07, 6.45) is 0.510. The van der Waals surface area contributed by atoms with E-state index < -0.39 is 0 Å². The van der Waals surface area contributed by atoms with Gasteiger partial charge in [-0.15, -0.1) is 21.5 Å². The predicted octanol–water partition coefficient (Wildman–Crippen LogP) is 5.89. The Kier molecular flexibility index (Phi) is 9.41. The number of carbonyl (C=O) groups is 2. The molecule has 234 valence electrons. The lowest BCUT2D eigenvalue weighted by molar-refractivity contribution is -0.130. The molecule has 3 heterocycles. The van der Waals surface area contributed by atoms with E-state index in [0.717, 1.165) is 16.2 Å². The van der Waals surface area contributed by atoms with Gasteiger partial charge in [-0.3, -0.25) is 14.2 Å². The first kappa shape index (κ1) is 31.0. The molecule has 1 atom stereocenters. The zero-order valence-electron chi connectivity index (χ0n) is 24.9. The second kappa shape index (κ2) is 14.0. The lowest BCUT2D eigenvalue weighted by atomic mass is 10.0. The third-order valence-corrected chi connectivity index (χ3v) is 9.17. The zero-order valence-corrected chi connectivity index (χ0v) is 26.6. The minimum Gasteiger partial charge on any atom is -0.496 e. The molecule has 0 saturated heterocycles.